The molecule has 66 valence electrons. The van der Waals surface area contributed by atoms with Crippen LogP contribution in [0, 0.1) is 0 Å². The average Bonchev–Trinajstić information content (AvgIpc) is 2.20. The van der Waals surface area contributed by atoms with Crippen LogP contribution >= 0.6 is 0 Å². The minimum absolute atomic E-state index is 0.628. The summed E-state index contributed by atoms with van der Waals surface area (Å²) in [6.45, 7) is 0. The van der Waals surface area contributed by atoms with Gasteiger partial charge in [0.05, 0.1) is 0 Å². The molecule has 0 saturated carbocycles. The second-order valence-electron chi connectivity index (χ2n) is 2.62. The zero-order valence-corrected chi connectivity index (χ0v) is 6.92. The monoisotopic (exact) mass is 175 g/mol. The van der Waals surface area contributed by atoms with Crippen LogP contribution in [0.4, 0.5) is 0 Å². The predicted molar refractivity (Wildman–Crippen MR) is 48.3 cm³/mol. The van der Waals surface area contributed by atoms with Crippen LogP contribution in [-0.2, 0) is 4.84 Å². The third-order valence-corrected chi connectivity index (χ3v) is 1.77. The second-order valence-corrected chi connectivity index (χ2v) is 2.62. The largest absolute Gasteiger partial charge is 0.362 e. The Kier molecular flexibility index (Phi) is 2.02. The van der Waals surface area contributed by atoms with Crippen LogP contribution in [0.15, 0.2) is 48.7 Å². The molecule has 0 aromatic heterocycles. The summed E-state index contributed by atoms with van der Waals surface area (Å²) in [5, 5.41) is 10.1. The molecule has 0 fully saturated rings. The van der Waals surface area contributed by atoms with Crippen LogP contribution in [0.2, 0.25) is 0 Å². The summed E-state index contributed by atoms with van der Waals surface area (Å²) in [6.07, 6.45) is 4.92. The van der Waals surface area contributed by atoms with E-state index in [0.717, 1.165) is 10.8 Å². The van der Waals surface area contributed by atoms with E-state index in [1.807, 2.05) is 30.3 Å². The van der Waals surface area contributed by atoms with Crippen molar-refractivity contribution in [1.29, 1.82) is 0 Å². The first kappa shape index (κ1) is 7.89. The molecule has 1 aromatic rings. The van der Waals surface area contributed by atoms with Gasteiger partial charge >= 0.3 is 0 Å². The van der Waals surface area contributed by atoms with Gasteiger partial charge in [-0.25, -0.2) is 0 Å². The lowest BCUT2D eigenvalue weighted by atomic mass is 10.1. The summed E-state index contributed by atoms with van der Waals surface area (Å²) < 4.78 is 0. The average molecular weight is 175 g/mol. The highest BCUT2D eigenvalue weighted by atomic mass is 16.9. The van der Waals surface area contributed by atoms with Crippen molar-refractivity contribution in [2.75, 3.05) is 0 Å². The normalized spacial score (nSPS) is 15.2. The molecule has 0 atom stereocenters. The second kappa shape index (κ2) is 3.33. The molecule has 0 radical (unpaired) electrons. The molecule has 3 nitrogen and oxygen atoms in total. The fraction of sp³-hybridized carbons (Fsp3) is 0. The molecule has 0 bridgehead atoms. The highest BCUT2D eigenvalue weighted by molar-refractivity contribution is 5.64. The van der Waals surface area contributed by atoms with Gasteiger partial charge in [-0.15, -0.1) is 0 Å². The number of rotatable bonds is 1. The van der Waals surface area contributed by atoms with E-state index < -0.39 is 0 Å². The van der Waals surface area contributed by atoms with Gasteiger partial charge in [0.15, 0.2) is 0 Å². The maximum absolute atomic E-state index is 9.31. The predicted octanol–water partition coefficient (Wildman–Crippen LogP) is 2.18. The Morgan fingerprint density at radius 1 is 1.15 bits per heavy atom. The van der Waals surface area contributed by atoms with Gasteiger partial charge in [0.25, 0.3) is 0 Å². The summed E-state index contributed by atoms with van der Waals surface area (Å²) in [7, 11) is 0. The number of nitrogens with zero attached hydrogens (tertiary/aromatic N) is 1. The minimum Gasteiger partial charge on any atom is -0.362 e. The topological polar surface area (TPSA) is 32.7 Å². The van der Waals surface area contributed by atoms with Crippen molar-refractivity contribution >= 4 is 5.70 Å². The van der Waals surface area contributed by atoms with Crippen LogP contribution in [0.25, 0.3) is 5.70 Å². The summed E-state index contributed by atoms with van der Waals surface area (Å²) in [5.41, 5.74) is 1.54. The Hall–Kier alpha value is -1.74. The van der Waals surface area contributed by atoms with Gasteiger partial charge in [0.2, 0.25) is 0 Å². The molecule has 2 rings (SSSR count). The van der Waals surface area contributed by atoms with E-state index in [1.54, 1.807) is 12.2 Å². The van der Waals surface area contributed by atoms with Gasteiger partial charge in [-0.05, 0) is 12.2 Å². The van der Waals surface area contributed by atoms with E-state index in [-0.39, 0.29) is 0 Å². The molecule has 1 aliphatic rings. The molecule has 1 heterocycles. The Balaban J connectivity index is 2.35. The van der Waals surface area contributed by atoms with Crippen LogP contribution in [-0.4, -0.2) is 10.4 Å². The smallest absolute Gasteiger partial charge is 0.122 e. The van der Waals surface area contributed by atoms with Crippen molar-refractivity contribution in [1.82, 2.24) is 5.23 Å². The summed E-state index contributed by atoms with van der Waals surface area (Å²) in [4.78, 5) is 4.78. The summed E-state index contributed by atoms with van der Waals surface area (Å²) >= 11 is 0. The zero-order valence-electron chi connectivity index (χ0n) is 6.92. The highest BCUT2D eigenvalue weighted by Gasteiger charge is 2.10. The minimum atomic E-state index is 0.628. The van der Waals surface area contributed by atoms with E-state index in [4.69, 9.17) is 4.84 Å². The van der Waals surface area contributed by atoms with Crippen molar-refractivity contribution in [3.05, 3.63) is 54.3 Å². The molecular formula is C10H9NO2. The maximum atomic E-state index is 9.31. The number of benzene rings is 1. The first-order chi connectivity index (χ1) is 6.38. The van der Waals surface area contributed by atoms with Crippen molar-refractivity contribution in [2.45, 2.75) is 0 Å². The van der Waals surface area contributed by atoms with Gasteiger partial charge in [-0.2, -0.15) is 0 Å². The third-order valence-electron chi connectivity index (χ3n) is 1.77. The Bertz CT molecular complexity index is 343. The molecule has 0 spiro atoms. The van der Waals surface area contributed by atoms with Crippen LogP contribution < -0.4 is 0 Å². The van der Waals surface area contributed by atoms with Crippen molar-refractivity contribution in [2.24, 2.45) is 0 Å². The van der Waals surface area contributed by atoms with Gasteiger partial charge in [-0.3, -0.25) is 5.21 Å². The Morgan fingerprint density at radius 3 is 2.62 bits per heavy atom. The lowest BCUT2D eigenvalue weighted by Gasteiger charge is -2.19. The van der Waals surface area contributed by atoms with E-state index in [9.17, 15) is 5.21 Å². The van der Waals surface area contributed by atoms with Gasteiger partial charge in [0, 0.05) is 5.56 Å². The molecule has 1 aliphatic heterocycles. The fourth-order valence-electron chi connectivity index (χ4n) is 1.16. The van der Waals surface area contributed by atoms with E-state index in [0.29, 0.717) is 5.70 Å². The Labute approximate surface area is 76.1 Å². The molecule has 0 saturated heterocycles. The Morgan fingerprint density at radius 2 is 1.92 bits per heavy atom. The molecule has 0 unspecified atom stereocenters. The van der Waals surface area contributed by atoms with Crippen LogP contribution in [0.3, 0.4) is 0 Å². The molecule has 0 amide bonds. The van der Waals surface area contributed by atoms with Gasteiger partial charge in [-0.1, -0.05) is 35.6 Å². The summed E-state index contributed by atoms with van der Waals surface area (Å²) in [6, 6.07) is 9.53. The molecule has 3 heteroatoms. The lowest BCUT2D eigenvalue weighted by Crippen LogP contribution is -2.17. The summed E-state index contributed by atoms with van der Waals surface area (Å²) in [5.74, 6) is 0. The maximum Gasteiger partial charge on any atom is 0.122 e. The van der Waals surface area contributed by atoms with Gasteiger partial charge < -0.3 is 4.84 Å². The SMILES string of the molecule is ON1OC=CC=C1c1ccccc1. The molecule has 1 N–H and O–H groups in total. The molecular weight excluding hydrogens is 166 g/mol. The number of hydroxylamine groups is 2. The van der Waals surface area contributed by atoms with E-state index in [1.165, 1.54) is 6.26 Å². The molecule has 13 heavy (non-hydrogen) atoms. The number of hydrogen-bond donors (Lipinski definition) is 1. The third kappa shape index (κ3) is 1.55. The number of hydrogen-bond acceptors (Lipinski definition) is 3. The zero-order chi connectivity index (χ0) is 9.10. The highest BCUT2D eigenvalue weighted by Crippen LogP contribution is 2.20. The molecule has 0 aliphatic carbocycles. The van der Waals surface area contributed by atoms with E-state index >= 15 is 0 Å². The van der Waals surface area contributed by atoms with E-state index in [2.05, 4.69) is 0 Å². The lowest BCUT2D eigenvalue weighted by molar-refractivity contribution is -0.261. The van der Waals surface area contributed by atoms with Crippen molar-refractivity contribution in [3.8, 4) is 0 Å². The molecule has 1 aromatic carbocycles. The first-order valence-electron chi connectivity index (χ1n) is 3.96. The van der Waals surface area contributed by atoms with Crippen molar-refractivity contribution in [3.63, 3.8) is 0 Å². The van der Waals surface area contributed by atoms with Crippen molar-refractivity contribution < 1.29 is 10.0 Å². The number of allylic oxidation sites excluding steroid dienone is 2. The van der Waals surface area contributed by atoms with Crippen LogP contribution in [0.5, 0.6) is 0 Å². The standard InChI is InChI=1S/C10H9NO2/c12-11-10(7-4-8-13-11)9-5-2-1-3-6-9/h1-8,12H. The first-order valence-corrected chi connectivity index (χ1v) is 3.96. The quantitative estimate of drug-likeness (QED) is 0.710. The fourth-order valence-corrected chi connectivity index (χ4v) is 1.16. The van der Waals surface area contributed by atoms with Crippen LogP contribution in [0.1, 0.15) is 5.56 Å². The van der Waals surface area contributed by atoms with Gasteiger partial charge in [0.1, 0.15) is 12.0 Å².